The van der Waals surface area contributed by atoms with Crippen LogP contribution in [-0.4, -0.2) is 19.7 Å². The second-order valence-electron chi connectivity index (χ2n) is 4.90. The number of nitrogens with zero attached hydrogens (tertiary/aromatic N) is 4. The number of hydrogen-bond acceptors (Lipinski definition) is 5. The lowest BCUT2D eigenvalue weighted by atomic mass is 10.2. The van der Waals surface area contributed by atoms with E-state index >= 15 is 0 Å². The summed E-state index contributed by atoms with van der Waals surface area (Å²) in [4.78, 5) is 15.2. The predicted molar refractivity (Wildman–Crippen MR) is 80.2 cm³/mol. The number of hydrogen-bond donors (Lipinski definition) is 1. The van der Waals surface area contributed by atoms with E-state index in [2.05, 4.69) is 15.4 Å². The lowest BCUT2D eigenvalue weighted by Crippen LogP contribution is -2.08. The molecule has 0 saturated carbocycles. The summed E-state index contributed by atoms with van der Waals surface area (Å²) in [5.74, 6) is 0.425. The minimum absolute atomic E-state index is 0.0629. The van der Waals surface area contributed by atoms with Gasteiger partial charge in [0.25, 0.3) is 0 Å². The van der Waals surface area contributed by atoms with Crippen molar-refractivity contribution in [3.8, 4) is 0 Å². The molecule has 21 heavy (non-hydrogen) atoms. The first-order valence-corrected chi connectivity index (χ1v) is 6.89. The van der Waals surface area contributed by atoms with Crippen molar-refractivity contribution >= 4 is 11.5 Å². The van der Waals surface area contributed by atoms with Crippen LogP contribution in [0, 0.1) is 17.0 Å². The molecule has 0 saturated heterocycles. The highest BCUT2D eigenvalue weighted by Gasteiger charge is 2.25. The molecule has 0 aliphatic carbocycles. The summed E-state index contributed by atoms with van der Waals surface area (Å²) in [6, 6.07) is 3.83. The highest BCUT2D eigenvalue weighted by molar-refractivity contribution is 5.60. The molecule has 0 atom stereocenters. The van der Waals surface area contributed by atoms with Crippen LogP contribution < -0.4 is 5.32 Å². The minimum Gasteiger partial charge on any atom is -0.359 e. The maximum Gasteiger partial charge on any atom is 0.334 e. The zero-order valence-corrected chi connectivity index (χ0v) is 12.5. The van der Waals surface area contributed by atoms with Crippen LogP contribution in [0.3, 0.4) is 0 Å². The molecule has 0 radical (unpaired) electrons. The molecule has 112 valence electrons. The summed E-state index contributed by atoms with van der Waals surface area (Å²) in [5.41, 5.74) is 2.49. The first-order chi connectivity index (χ1) is 10.0. The van der Waals surface area contributed by atoms with Gasteiger partial charge in [-0.2, -0.15) is 5.10 Å². The van der Waals surface area contributed by atoms with Gasteiger partial charge in [0.1, 0.15) is 5.69 Å². The minimum atomic E-state index is -0.369. The topological polar surface area (TPSA) is 85.9 Å². The Morgan fingerprint density at radius 2 is 2.19 bits per heavy atom. The molecule has 0 aliphatic heterocycles. The fourth-order valence-electron chi connectivity index (χ4n) is 2.23. The summed E-state index contributed by atoms with van der Waals surface area (Å²) in [7, 11) is 1.71. The van der Waals surface area contributed by atoms with Crippen molar-refractivity contribution in [2.75, 3.05) is 5.32 Å². The van der Waals surface area contributed by atoms with Gasteiger partial charge in [0.15, 0.2) is 0 Å². The summed E-state index contributed by atoms with van der Waals surface area (Å²) < 4.78 is 1.53. The van der Waals surface area contributed by atoms with Crippen molar-refractivity contribution in [1.82, 2.24) is 14.8 Å². The molecule has 2 rings (SSSR count). The summed E-state index contributed by atoms with van der Waals surface area (Å²) in [6.45, 7) is 4.37. The van der Waals surface area contributed by atoms with E-state index in [9.17, 15) is 10.1 Å². The van der Waals surface area contributed by atoms with Crippen molar-refractivity contribution in [1.29, 1.82) is 0 Å². The molecule has 2 aromatic rings. The quantitative estimate of drug-likeness (QED) is 0.652. The third-order valence-corrected chi connectivity index (χ3v) is 3.30. The average molecular weight is 289 g/mol. The number of rotatable bonds is 6. The highest BCUT2D eigenvalue weighted by atomic mass is 16.6. The first-order valence-electron chi connectivity index (χ1n) is 6.89. The van der Waals surface area contributed by atoms with Gasteiger partial charge in [-0.1, -0.05) is 19.4 Å². The van der Waals surface area contributed by atoms with Crippen LogP contribution in [0.4, 0.5) is 11.5 Å². The third kappa shape index (κ3) is 3.18. The smallest absolute Gasteiger partial charge is 0.334 e. The molecular formula is C14H19N5O2. The normalized spacial score (nSPS) is 10.6. The number of nitro groups is 1. The van der Waals surface area contributed by atoms with Crippen LogP contribution in [0.5, 0.6) is 0 Å². The molecule has 2 heterocycles. The molecule has 1 N–H and O–H groups in total. The zero-order chi connectivity index (χ0) is 15.4. The van der Waals surface area contributed by atoms with Crippen LogP contribution in [-0.2, 0) is 20.0 Å². The molecule has 7 nitrogen and oxygen atoms in total. The molecule has 0 fully saturated rings. The van der Waals surface area contributed by atoms with E-state index in [0.717, 1.165) is 17.7 Å². The van der Waals surface area contributed by atoms with Gasteiger partial charge in [0.05, 0.1) is 17.2 Å². The summed E-state index contributed by atoms with van der Waals surface area (Å²) in [6.07, 6.45) is 3.12. The van der Waals surface area contributed by atoms with Gasteiger partial charge in [0, 0.05) is 13.2 Å². The Hall–Kier alpha value is -2.44. The monoisotopic (exact) mass is 289 g/mol. The van der Waals surface area contributed by atoms with Gasteiger partial charge in [-0.05, 0) is 25.0 Å². The van der Waals surface area contributed by atoms with E-state index in [1.54, 1.807) is 13.2 Å². The molecule has 0 aliphatic rings. The van der Waals surface area contributed by atoms with E-state index in [1.165, 1.54) is 4.68 Å². The van der Waals surface area contributed by atoms with Gasteiger partial charge in [0.2, 0.25) is 5.82 Å². The third-order valence-electron chi connectivity index (χ3n) is 3.30. The van der Waals surface area contributed by atoms with Gasteiger partial charge in [-0.3, -0.25) is 15.1 Å². The maximum absolute atomic E-state index is 11.3. The number of anilines is 1. The highest BCUT2D eigenvalue weighted by Crippen LogP contribution is 2.29. The van der Waals surface area contributed by atoms with Gasteiger partial charge in [-0.25, -0.2) is 4.68 Å². The molecule has 0 aromatic carbocycles. The Bertz CT molecular complexity index is 651. The zero-order valence-electron chi connectivity index (χ0n) is 12.5. The second kappa shape index (κ2) is 6.34. The molecule has 0 bridgehead atoms. The molecule has 2 aromatic heterocycles. The van der Waals surface area contributed by atoms with Crippen LogP contribution in [0.1, 0.15) is 30.3 Å². The lowest BCUT2D eigenvalue weighted by Gasteiger charge is -2.07. The van der Waals surface area contributed by atoms with Crippen molar-refractivity contribution in [3.05, 3.63) is 45.4 Å². The first kappa shape index (κ1) is 15.0. The van der Waals surface area contributed by atoms with E-state index in [0.29, 0.717) is 24.5 Å². The Labute approximate surface area is 123 Å². The summed E-state index contributed by atoms with van der Waals surface area (Å²) >= 11 is 0. The maximum atomic E-state index is 11.3. The molecule has 0 amide bonds. The van der Waals surface area contributed by atoms with Crippen molar-refractivity contribution < 1.29 is 4.92 Å². The lowest BCUT2D eigenvalue weighted by molar-refractivity contribution is -0.384. The van der Waals surface area contributed by atoms with Crippen molar-refractivity contribution in [2.45, 2.75) is 33.2 Å². The van der Waals surface area contributed by atoms with Crippen LogP contribution >= 0.6 is 0 Å². The van der Waals surface area contributed by atoms with Gasteiger partial charge in [-0.15, -0.1) is 0 Å². The largest absolute Gasteiger partial charge is 0.359 e. The fraction of sp³-hybridized carbons (Fsp3) is 0.429. The van der Waals surface area contributed by atoms with Crippen molar-refractivity contribution in [2.24, 2.45) is 7.05 Å². The Morgan fingerprint density at radius 3 is 2.81 bits per heavy atom. The van der Waals surface area contributed by atoms with Gasteiger partial charge >= 0.3 is 5.69 Å². The van der Waals surface area contributed by atoms with E-state index in [4.69, 9.17) is 0 Å². The fourth-order valence-corrected chi connectivity index (χ4v) is 2.23. The van der Waals surface area contributed by atoms with Crippen LogP contribution in [0.25, 0.3) is 0 Å². The second-order valence-corrected chi connectivity index (χ2v) is 4.90. The van der Waals surface area contributed by atoms with E-state index in [-0.39, 0.29) is 10.6 Å². The van der Waals surface area contributed by atoms with Gasteiger partial charge < -0.3 is 5.32 Å². The van der Waals surface area contributed by atoms with Crippen LogP contribution in [0.15, 0.2) is 18.3 Å². The molecule has 0 unspecified atom stereocenters. The predicted octanol–water partition coefficient (Wildman–Crippen LogP) is 2.60. The molecular weight excluding hydrogens is 270 g/mol. The number of aryl methyl sites for hydroxylation is 3. The van der Waals surface area contributed by atoms with E-state index < -0.39 is 0 Å². The Balaban J connectivity index is 2.27. The SMILES string of the molecule is CCCc1nn(C)c(NCc2ncccc2C)c1[N+](=O)[O-]. The van der Waals surface area contributed by atoms with Crippen molar-refractivity contribution in [3.63, 3.8) is 0 Å². The Kier molecular flexibility index (Phi) is 4.52. The molecule has 7 heteroatoms. The summed E-state index contributed by atoms with van der Waals surface area (Å²) in [5, 5.41) is 18.6. The average Bonchev–Trinajstić information content (AvgIpc) is 2.74. The Morgan fingerprint density at radius 1 is 1.43 bits per heavy atom. The number of aromatic nitrogens is 3. The van der Waals surface area contributed by atoms with E-state index in [1.807, 2.05) is 26.0 Å². The van der Waals surface area contributed by atoms with Crippen LogP contribution in [0.2, 0.25) is 0 Å². The number of nitrogens with one attached hydrogen (secondary N) is 1. The number of pyridine rings is 1. The standard InChI is InChI=1S/C14H19N5O2/c1-4-6-11-13(19(20)21)14(18(3)17-11)16-9-12-10(2)7-5-8-15-12/h5,7-8,16H,4,6,9H2,1-3H3. The molecule has 0 spiro atoms.